The molecule has 31 heavy (non-hydrogen) atoms. The van der Waals surface area contributed by atoms with E-state index in [1.54, 1.807) is 30.6 Å². The van der Waals surface area contributed by atoms with Gasteiger partial charge < -0.3 is 10.1 Å². The Kier molecular flexibility index (Phi) is 6.29. The highest BCUT2D eigenvalue weighted by atomic mass is 35.5. The molecule has 156 valence electrons. The lowest BCUT2D eigenvalue weighted by Gasteiger charge is -2.10. The van der Waals surface area contributed by atoms with Crippen LogP contribution < -0.4 is 10.1 Å². The lowest BCUT2D eigenvalue weighted by molar-refractivity contribution is 0.0950. The zero-order chi connectivity index (χ0) is 21.6. The number of carbonyl (C=O) groups excluding carboxylic acids is 1. The number of pyridine rings is 1. The Morgan fingerprint density at radius 1 is 1.03 bits per heavy atom. The molecule has 0 atom stereocenters. The van der Waals surface area contributed by atoms with Gasteiger partial charge in [0.1, 0.15) is 24.0 Å². The first-order valence-electron chi connectivity index (χ1n) is 9.79. The molecule has 2 aromatic carbocycles. The van der Waals surface area contributed by atoms with Gasteiger partial charge in [0, 0.05) is 35.7 Å². The van der Waals surface area contributed by atoms with Crippen molar-refractivity contribution in [2.75, 3.05) is 0 Å². The molecule has 0 saturated carbocycles. The Hall–Kier alpha value is -3.64. The van der Waals surface area contributed by atoms with E-state index in [1.807, 2.05) is 60.2 Å². The number of aromatic nitrogens is 3. The molecule has 0 bridgehead atoms. The number of nitrogens with zero attached hydrogens (tertiary/aromatic N) is 3. The maximum atomic E-state index is 12.6. The summed E-state index contributed by atoms with van der Waals surface area (Å²) in [5.41, 5.74) is 2.44. The van der Waals surface area contributed by atoms with Gasteiger partial charge in [-0.1, -0.05) is 29.8 Å². The van der Waals surface area contributed by atoms with Crippen LogP contribution in [-0.4, -0.2) is 20.4 Å². The summed E-state index contributed by atoms with van der Waals surface area (Å²) in [6.45, 7) is 2.67. The van der Waals surface area contributed by atoms with E-state index in [0.29, 0.717) is 29.5 Å². The van der Waals surface area contributed by atoms with Gasteiger partial charge in [-0.15, -0.1) is 0 Å². The van der Waals surface area contributed by atoms with E-state index in [-0.39, 0.29) is 5.91 Å². The summed E-state index contributed by atoms with van der Waals surface area (Å²) in [5, 5.41) is 3.61. The first-order valence-corrected chi connectivity index (χ1v) is 10.2. The predicted molar refractivity (Wildman–Crippen MR) is 119 cm³/mol. The number of hydrogen-bond donors (Lipinski definition) is 1. The normalized spacial score (nSPS) is 10.6. The van der Waals surface area contributed by atoms with Crippen molar-refractivity contribution in [2.24, 2.45) is 0 Å². The predicted octanol–water partition coefficient (Wildman–Crippen LogP) is 4.74. The zero-order valence-corrected chi connectivity index (χ0v) is 17.7. The largest absolute Gasteiger partial charge is 0.489 e. The van der Waals surface area contributed by atoms with Gasteiger partial charge in [0.25, 0.3) is 5.91 Å². The van der Waals surface area contributed by atoms with Crippen molar-refractivity contribution in [1.29, 1.82) is 0 Å². The van der Waals surface area contributed by atoms with Crippen molar-refractivity contribution >= 4 is 17.5 Å². The molecule has 1 N–H and O–H groups in total. The Bertz CT molecular complexity index is 1210. The highest BCUT2D eigenvalue weighted by Crippen LogP contribution is 2.17. The number of carbonyl (C=O) groups is 1. The highest BCUT2D eigenvalue weighted by molar-refractivity contribution is 6.30. The third-order valence-corrected chi connectivity index (χ3v) is 4.96. The smallest absolute Gasteiger partial charge is 0.251 e. The summed E-state index contributed by atoms with van der Waals surface area (Å²) < 4.78 is 7.71. The fourth-order valence-corrected chi connectivity index (χ4v) is 3.34. The summed E-state index contributed by atoms with van der Waals surface area (Å²) >= 11 is 6.01. The Morgan fingerprint density at radius 2 is 1.90 bits per heavy atom. The molecule has 2 heterocycles. The SMILES string of the molecule is Cc1nccn1-c1cc(CNC(=O)c2cccc(OCc3cccc(Cl)c3)c2)ccn1. The van der Waals surface area contributed by atoms with E-state index in [0.717, 1.165) is 22.8 Å². The lowest BCUT2D eigenvalue weighted by atomic mass is 10.2. The maximum Gasteiger partial charge on any atom is 0.251 e. The van der Waals surface area contributed by atoms with E-state index in [1.165, 1.54) is 0 Å². The minimum Gasteiger partial charge on any atom is -0.489 e. The average Bonchev–Trinajstić information content (AvgIpc) is 3.22. The van der Waals surface area contributed by atoms with Gasteiger partial charge in [-0.05, 0) is 60.5 Å². The van der Waals surface area contributed by atoms with Crippen LogP contribution in [0.5, 0.6) is 5.75 Å². The number of halogens is 1. The Morgan fingerprint density at radius 3 is 2.71 bits per heavy atom. The van der Waals surface area contributed by atoms with Gasteiger partial charge >= 0.3 is 0 Å². The maximum absolute atomic E-state index is 12.6. The molecule has 6 nitrogen and oxygen atoms in total. The summed E-state index contributed by atoms with van der Waals surface area (Å²) in [4.78, 5) is 21.2. The minimum absolute atomic E-state index is 0.176. The quantitative estimate of drug-likeness (QED) is 0.458. The molecule has 0 aliphatic carbocycles. The van der Waals surface area contributed by atoms with Crippen LogP contribution in [-0.2, 0) is 13.2 Å². The topological polar surface area (TPSA) is 69.0 Å². The molecule has 0 unspecified atom stereocenters. The molecule has 4 aromatic rings. The summed E-state index contributed by atoms with van der Waals surface area (Å²) in [7, 11) is 0. The van der Waals surface area contributed by atoms with E-state index in [9.17, 15) is 4.79 Å². The van der Waals surface area contributed by atoms with Gasteiger partial charge in [-0.25, -0.2) is 9.97 Å². The number of imidazole rings is 1. The van der Waals surface area contributed by atoms with Crippen molar-refractivity contribution in [3.8, 4) is 11.6 Å². The minimum atomic E-state index is -0.176. The van der Waals surface area contributed by atoms with E-state index >= 15 is 0 Å². The molecule has 0 radical (unpaired) electrons. The fraction of sp³-hybridized carbons (Fsp3) is 0.125. The lowest BCUT2D eigenvalue weighted by Crippen LogP contribution is -2.23. The zero-order valence-electron chi connectivity index (χ0n) is 17.0. The second kappa shape index (κ2) is 9.45. The van der Waals surface area contributed by atoms with Crippen molar-refractivity contribution in [3.05, 3.63) is 107 Å². The van der Waals surface area contributed by atoms with Gasteiger partial charge in [-0.3, -0.25) is 9.36 Å². The first-order chi connectivity index (χ1) is 15.1. The Labute approximate surface area is 185 Å². The number of rotatable bonds is 7. The molecule has 0 fully saturated rings. The molecule has 2 aromatic heterocycles. The standard InChI is InChI=1S/C24H21ClN4O2/c1-17-26-10-11-29(17)23-13-18(8-9-27-23)15-28-24(30)20-5-3-7-22(14-20)31-16-19-4-2-6-21(25)12-19/h2-14H,15-16H2,1H3,(H,28,30). The van der Waals surface area contributed by atoms with Crippen LogP contribution in [0.15, 0.2) is 79.3 Å². The van der Waals surface area contributed by atoms with Crippen LogP contribution in [0.2, 0.25) is 5.02 Å². The van der Waals surface area contributed by atoms with Crippen LogP contribution in [0.1, 0.15) is 27.3 Å². The first kappa shape index (κ1) is 20.6. The van der Waals surface area contributed by atoms with E-state index in [4.69, 9.17) is 16.3 Å². The number of nitrogens with one attached hydrogen (secondary N) is 1. The van der Waals surface area contributed by atoms with E-state index in [2.05, 4.69) is 15.3 Å². The van der Waals surface area contributed by atoms with Crippen molar-refractivity contribution < 1.29 is 9.53 Å². The van der Waals surface area contributed by atoms with Crippen molar-refractivity contribution in [1.82, 2.24) is 19.9 Å². The second-order valence-electron chi connectivity index (χ2n) is 7.00. The highest BCUT2D eigenvalue weighted by Gasteiger charge is 2.08. The van der Waals surface area contributed by atoms with Gasteiger partial charge in [0.2, 0.25) is 0 Å². The van der Waals surface area contributed by atoms with Crippen LogP contribution in [0.25, 0.3) is 5.82 Å². The van der Waals surface area contributed by atoms with E-state index < -0.39 is 0 Å². The third-order valence-electron chi connectivity index (χ3n) is 4.73. The van der Waals surface area contributed by atoms with Crippen LogP contribution in [0.4, 0.5) is 0 Å². The third kappa shape index (κ3) is 5.29. The molecule has 7 heteroatoms. The fourth-order valence-electron chi connectivity index (χ4n) is 3.13. The summed E-state index contributed by atoms with van der Waals surface area (Å²) in [5.74, 6) is 2.06. The monoisotopic (exact) mass is 432 g/mol. The van der Waals surface area contributed by atoms with Gasteiger partial charge in [0.05, 0.1) is 0 Å². The molecule has 0 aliphatic rings. The molecular weight excluding hydrogens is 412 g/mol. The number of amides is 1. The molecule has 0 aliphatic heterocycles. The number of benzene rings is 2. The summed E-state index contributed by atoms with van der Waals surface area (Å²) in [6, 6.07) is 18.4. The number of hydrogen-bond acceptors (Lipinski definition) is 4. The number of aryl methyl sites for hydroxylation is 1. The molecule has 0 saturated heterocycles. The van der Waals surface area contributed by atoms with Gasteiger partial charge in [0.15, 0.2) is 0 Å². The van der Waals surface area contributed by atoms with Crippen LogP contribution >= 0.6 is 11.6 Å². The number of ether oxygens (including phenoxy) is 1. The Balaban J connectivity index is 1.38. The molecule has 0 spiro atoms. The van der Waals surface area contributed by atoms with Crippen LogP contribution in [0, 0.1) is 6.92 Å². The second-order valence-corrected chi connectivity index (χ2v) is 7.43. The van der Waals surface area contributed by atoms with Gasteiger partial charge in [-0.2, -0.15) is 0 Å². The summed E-state index contributed by atoms with van der Waals surface area (Å²) in [6.07, 6.45) is 5.31. The molecule has 4 rings (SSSR count). The van der Waals surface area contributed by atoms with Crippen molar-refractivity contribution in [3.63, 3.8) is 0 Å². The van der Waals surface area contributed by atoms with Crippen LogP contribution in [0.3, 0.4) is 0 Å². The molecular formula is C24H21ClN4O2. The van der Waals surface area contributed by atoms with Crippen molar-refractivity contribution in [2.45, 2.75) is 20.1 Å². The molecule has 1 amide bonds. The average molecular weight is 433 g/mol.